The number of fused-ring (bicyclic) bond motifs is 3. The molecule has 0 N–H and O–H groups in total. The fourth-order valence-electron chi connectivity index (χ4n) is 2.70. The lowest BCUT2D eigenvalue weighted by Crippen LogP contribution is -1.93. The predicted octanol–water partition coefficient (Wildman–Crippen LogP) is 3.28. The van der Waals surface area contributed by atoms with Crippen molar-refractivity contribution in [2.45, 2.75) is 6.42 Å². The second-order valence-corrected chi connectivity index (χ2v) is 4.54. The summed E-state index contributed by atoms with van der Waals surface area (Å²) >= 11 is 0. The number of benzene rings is 2. The van der Waals surface area contributed by atoms with Gasteiger partial charge in [0.15, 0.2) is 11.5 Å². The Balaban J connectivity index is 2.21. The molecule has 2 aromatic rings. The van der Waals surface area contributed by atoms with Gasteiger partial charge in [-0.25, -0.2) is 0 Å². The fraction of sp³-hybridized carbons (Fsp3) is 0.250. The highest BCUT2D eigenvalue weighted by molar-refractivity contribution is 5.84. The maximum Gasteiger partial charge on any atom is 0.168 e. The predicted molar refractivity (Wildman–Crippen MR) is 74.3 cm³/mol. The Kier molecular flexibility index (Phi) is 2.82. The molecular formula is C16H16O3. The van der Waals surface area contributed by atoms with Crippen molar-refractivity contribution in [3.63, 3.8) is 0 Å². The van der Waals surface area contributed by atoms with Gasteiger partial charge >= 0.3 is 0 Å². The molecule has 2 aromatic carbocycles. The monoisotopic (exact) mass is 256 g/mol. The van der Waals surface area contributed by atoms with Crippen LogP contribution < -0.4 is 14.2 Å². The highest BCUT2D eigenvalue weighted by atomic mass is 16.5. The molecule has 3 heteroatoms. The zero-order chi connectivity index (χ0) is 13.4. The van der Waals surface area contributed by atoms with E-state index in [4.69, 9.17) is 14.2 Å². The second-order valence-electron chi connectivity index (χ2n) is 4.54. The number of rotatable bonds is 3. The molecular weight excluding hydrogens is 240 g/mol. The minimum absolute atomic E-state index is 0.768. The Morgan fingerprint density at radius 3 is 2.37 bits per heavy atom. The van der Waals surface area contributed by atoms with Crippen LogP contribution >= 0.6 is 0 Å². The summed E-state index contributed by atoms with van der Waals surface area (Å²) in [6.45, 7) is 0. The van der Waals surface area contributed by atoms with E-state index in [1.54, 1.807) is 21.3 Å². The van der Waals surface area contributed by atoms with Gasteiger partial charge in [-0.15, -0.1) is 0 Å². The van der Waals surface area contributed by atoms with Crippen LogP contribution in [0.5, 0.6) is 17.2 Å². The minimum Gasteiger partial charge on any atom is -0.497 e. The van der Waals surface area contributed by atoms with Crippen LogP contribution in [-0.4, -0.2) is 21.3 Å². The summed E-state index contributed by atoms with van der Waals surface area (Å²) in [7, 11) is 5.03. The van der Waals surface area contributed by atoms with Crippen molar-refractivity contribution in [3.8, 4) is 28.4 Å². The van der Waals surface area contributed by atoms with Gasteiger partial charge in [0, 0.05) is 5.56 Å². The van der Waals surface area contributed by atoms with E-state index in [9.17, 15) is 0 Å². The Morgan fingerprint density at radius 1 is 0.842 bits per heavy atom. The molecule has 19 heavy (non-hydrogen) atoms. The minimum atomic E-state index is 0.768. The molecule has 98 valence electrons. The molecule has 0 saturated carbocycles. The number of hydrogen-bond acceptors (Lipinski definition) is 3. The second kappa shape index (κ2) is 4.50. The summed E-state index contributed by atoms with van der Waals surface area (Å²) in [5, 5.41) is 0. The van der Waals surface area contributed by atoms with E-state index in [1.165, 1.54) is 16.7 Å². The van der Waals surface area contributed by atoms with Gasteiger partial charge in [-0.3, -0.25) is 0 Å². The fourth-order valence-corrected chi connectivity index (χ4v) is 2.70. The number of ether oxygens (including phenoxy) is 3. The first-order valence-electron chi connectivity index (χ1n) is 6.19. The van der Waals surface area contributed by atoms with Crippen LogP contribution in [0.1, 0.15) is 11.1 Å². The Morgan fingerprint density at radius 2 is 1.68 bits per heavy atom. The van der Waals surface area contributed by atoms with Crippen LogP contribution in [0.4, 0.5) is 0 Å². The van der Waals surface area contributed by atoms with Crippen molar-refractivity contribution in [1.29, 1.82) is 0 Å². The van der Waals surface area contributed by atoms with Gasteiger partial charge in [0.2, 0.25) is 0 Å². The lowest BCUT2D eigenvalue weighted by atomic mass is 10.0. The van der Waals surface area contributed by atoms with Crippen molar-refractivity contribution in [2.24, 2.45) is 0 Å². The third-order valence-electron chi connectivity index (χ3n) is 3.59. The number of hydrogen-bond donors (Lipinski definition) is 0. The van der Waals surface area contributed by atoms with Gasteiger partial charge in [-0.1, -0.05) is 12.1 Å². The summed E-state index contributed by atoms with van der Waals surface area (Å²) in [4.78, 5) is 0. The van der Waals surface area contributed by atoms with Crippen molar-refractivity contribution in [3.05, 3.63) is 41.5 Å². The van der Waals surface area contributed by atoms with Crippen molar-refractivity contribution in [2.75, 3.05) is 21.3 Å². The molecule has 0 atom stereocenters. The first-order valence-corrected chi connectivity index (χ1v) is 6.19. The third kappa shape index (κ3) is 1.73. The SMILES string of the molecule is COc1ccc2c(c1)Cc1ccc(OC)c(OC)c1-2. The van der Waals surface area contributed by atoms with Crippen LogP contribution in [0, 0.1) is 0 Å². The van der Waals surface area contributed by atoms with E-state index < -0.39 is 0 Å². The average molecular weight is 256 g/mol. The molecule has 0 aliphatic heterocycles. The smallest absolute Gasteiger partial charge is 0.168 e. The number of methoxy groups -OCH3 is 3. The maximum absolute atomic E-state index is 5.54. The molecule has 1 aliphatic rings. The van der Waals surface area contributed by atoms with Gasteiger partial charge in [-0.05, 0) is 41.3 Å². The molecule has 0 spiro atoms. The molecule has 0 heterocycles. The van der Waals surface area contributed by atoms with Crippen LogP contribution in [-0.2, 0) is 6.42 Å². The molecule has 1 aliphatic carbocycles. The van der Waals surface area contributed by atoms with Crippen LogP contribution in [0.3, 0.4) is 0 Å². The summed E-state index contributed by atoms with van der Waals surface area (Å²) < 4.78 is 16.2. The zero-order valence-electron chi connectivity index (χ0n) is 11.3. The normalized spacial score (nSPS) is 11.7. The van der Waals surface area contributed by atoms with Crippen LogP contribution in [0.25, 0.3) is 11.1 Å². The highest BCUT2D eigenvalue weighted by Crippen LogP contribution is 2.47. The van der Waals surface area contributed by atoms with E-state index in [2.05, 4.69) is 18.2 Å². The van der Waals surface area contributed by atoms with Gasteiger partial charge < -0.3 is 14.2 Å². The van der Waals surface area contributed by atoms with Gasteiger partial charge in [0.1, 0.15) is 5.75 Å². The standard InChI is InChI=1S/C16H16O3/c1-17-12-5-6-13-11(9-12)8-10-4-7-14(18-2)16(19-3)15(10)13/h4-7,9H,8H2,1-3H3. The molecule has 0 aromatic heterocycles. The van der Waals surface area contributed by atoms with Gasteiger partial charge in [0.25, 0.3) is 0 Å². The largest absolute Gasteiger partial charge is 0.497 e. The molecule has 0 saturated heterocycles. The van der Waals surface area contributed by atoms with Crippen molar-refractivity contribution in [1.82, 2.24) is 0 Å². The Bertz CT molecular complexity index is 632. The quantitative estimate of drug-likeness (QED) is 0.719. The van der Waals surface area contributed by atoms with Gasteiger partial charge in [-0.2, -0.15) is 0 Å². The lowest BCUT2D eigenvalue weighted by molar-refractivity contribution is 0.356. The summed E-state index contributed by atoms with van der Waals surface area (Å²) in [6.07, 6.45) is 0.905. The van der Waals surface area contributed by atoms with Crippen LogP contribution in [0.2, 0.25) is 0 Å². The molecule has 0 bridgehead atoms. The van der Waals surface area contributed by atoms with E-state index in [1.807, 2.05) is 12.1 Å². The first kappa shape index (κ1) is 11.9. The summed E-state index contributed by atoms with van der Waals surface area (Å²) in [5.41, 5.74) is 4.87. The van der Waals surface area contributed by atoms with E-state index in [0.29, 0.717) is 0 Å². The first-order chi connectivity index (χ1) is 9.28. The molecule has 0 unspecified atom stereocenters. The molecule has 0 radical (unpaired) electrons. The van der Waals surface area contributed by atoms with E-state index >= 15 is 0 Å². The highest BCUT2D eigenvalue weighted by Gasteiger charge is 2.25. The topological polar surface area (TPSA) is 27.7 Å². The van der Waals surface area contributed by atoms with Crippen LogP contribution in [0.15, 0.2) is 30.3 Å². The average Bonchev–Trinajstić information content (AvgIpc) is 2.83. The summed E-state index contributed by atoms with van der Waals surface area (Å²) in [6, 6.07) is 10.2. The molecule has 3 rings (SSSR count). The molecule has 3 nitrogen and oxygen atoms in total. The Labute approximate surface area is 112 Å². The van der Waals surface area contributed by atoms with Gasteiger partial charge in [0.05, 0.1) is 21.3 Å². The molecule has 0 fully saturated rings. The van der Waals surface area contributed by atoms with E-state index in [0.717, 1.165) is 29.2 Å². The van der Waals surface area contributed by atoms with Crippen molar-refractivity contribution >= 4 is 0 Å². The van der Waals surface area contributed by atoms with Crippen molar-refractivity contribution < 1.29 is 14.2 Å². The maximum atomic E-state index is 5.54. The Hall–Kier alpha value is -2.16. The summed E-state index contributed by atoms with van der Waals surface area (Å²) in [5.74, 6) is 2.46. The lowest BCUT2D eigenvalue weighted by Gasteiger charge is -2.12. The third-order valence-corrected chi connectivity index (χ3v) is 3.59. The van der Waals surface area contributed by atoms with E-state index in [-0.39, 0.29) is 0 Å². The zero-order valence-corrected chi connectivity index (χ0v) is 11.3. The molecule has 0 amide bonds.